The number of para-hydroxylation sites is 2. The summed E-state index contributed by atoms with van der Waals surface area (Å²) >= 11 is 0. The Morgan fingerprint density at radius 1 is 1.21 bits per heavy atom. The van der Waals surface area contributed by atoms with Crippen LogP contribution >= 0.6 is 0 Å². The smallest absolute Gasteiger partial charge is 0.292 e. The quantitative estimate of drug-likeness (QED) is 0.623. The number of amides is 1. The van der Waals surface area contributed by atoms with Gasteiger partial charge in [-0.15, -0.1) is 0 Å². The molecule has 0 saturated carbocycles. The molecule has 0 atom stereocenters. The fourth-order valence-electron chi connectivity index (χ4n) is 2.27. The lowest BCUT2D eigenvalue weighted by Crippen LogP contribution is -2.30. The lowest BCUT2D eigenvalue weighted by molar-refractivity contribution is -0.383. The third-order valence-corrected chi connectivity index (χ3v) is 3.40. The van der Waals surface area contributed by atoms with Gasteiger partial charge in [0.05, 0.1) is 18.6 Å². The zero-order chi connectivity index (χ0) is 17.5. The predicted octanol–water partition coefficient (Wildman–Crippen LogP) is 2.67. The molecule has 0 radical (unpaired) electrons. The first-order chi connectivity index (χ1) is 11.5. The highest BCUT2D eigenvalue weighted by Crippen LogP contribution is 2.23. The zero-order valence-electron chi connectivity index (χ0n) is 13.6. The van der Waals surface area contributed by atoms with Crippen LogP contribution in [0.2, 0.25) is 0 Å². The fourth-order valence-corrected chi connectivity index (χ4v) is 2.27. The molecule has 126 valence electrons. The largest absolute Gasteiger partial charge is 0.497 e. The maximum atomic E-state index is 12.1. The van der Waals surface area contributed by atoms with Gasteiger partial charge in [0.15, 0.2) is 0 Å². The van der Waals surface area contributed by atoms with Crippen LogP contribution in [-0.4, -0.2) is 36.4 Å². The molecule has 0 spiro atoms. The Labute approximate surface area is 140 Å². The van der Waals surface area contributed by atoms with E-state index in [1.165, 1.54) is 12.1 Å². The summed E-state index contributed by atoms with van der Waals surface area (Å²) in [7, 11) is 3.41. The Bertz CT molecular complexity index is 716. The van der Waals surface area contributed by atoms with E-state index in [1.54, 1.807) is 19.2 Å². The first-order valence-electron chi connectivity index (χ1n) is 7.34. The van der Waals surface area contributed by atoms with Crippen LogP contribution in [0.3, 0.4) is 0 Å². The van der Waals surface area contributed by atoms with Gasteiger partial charge in [-0.3, -0.25) is 19.8 Å². The van der Waals surface area contributed by atoms with Crippen molar-refractivity contribution < 1.29 is 14.5 Å². The number of nitro groups is 1. The lowest BCUT2D eigenvalue weighted by Gasteiger charge is -2.16. The number of likely N-dealkylation sites (N-methyl/N-ethyl adjacent to an activating group) is 1. The number of hydrogen-bond acceptors (Lipinski definition) is 5. The molecule has 0 aliphatic heterocycles. The van der Waals surface area contributed by atoms with Gasteiger partial charge < -0.3 is 10.1 Å². The van der Waals surface area contributed by atoms with Crippen LogP contribution in [0.5, 0.6) is 5.75 Å². The van der Waals surface area contributed by atoms with E-state index in [0.717, 1.165) is 11.3 Å². The van der Waals surface area contributed by atoms with Gasteiger partial charge in [0.25, 0.3) is 5.69 Å². The molecule has 1 amide bonds. The number of hydrogen-bond donors (Lipinski definition) is 1. The summed E-state index contributed by atoms with van der Waals surface area (Å²) in [5, 5.41) is 13.5. The van der Waals surface area contributed by atoms with Crippen LogP contribution in [0.15, 0.2) is 48.5 Å². The summed E-state index contributed by atoms with van der Waals surface area (Å²) in [4.78, 5) is 24.4. The number of anilines is 1. The molecule has 0 aliphatic carbocycles. The van der Waals surface area contributed by atoms with Crippen molar-refractivity contribution in [2.24, 2.45) is 0 Å². The van der Waals surface area contributed by atoms with Crippen LogP contribution in [0.25, 0.3) is 0 Å². The lowest BCUT2D eigenvalue weighted by atomic mass is 10.2. The zero-order valence-corrected chi connectivity index (χ0v) is 13.6. The van der Waals surface area contributed by atoms with Gasteiger partial charge in [-0.25, -0.2) is 0 Å². The molecule has 7 nitrogen and oxygen atoms in total. The fraction of sp³-hybridized carbons (Fsp3) is 0.235. The second kappa shape index (κ2) is 8.07. The molecule has 0 bridgehead atoms. The van der Waals surface area contributed by atoms with Crippen LogP contribution in [-0.2, 0) is 11.3 Å². The Kier molecular flexibility index (Phi) is 5.86. The maximum Gasteiger partial charge on any atom is 0.292 e. The van der Waals surface area contributed by atoms with E-state index in [9.17, 15) is 14.9 Å². The molecule has 0 heterocycles. The van der Waals surface area contributed by atoms with Gasteiger partial charge in [0, 0.05) is 12.6 Å². The van der Waals surface area contributed by atoms with E-state index in [4.69, 9.17) is 4.74 Å². The molecule has 0 aliphatic rings. The van der Waals surface area contributed by atoms with Crippen molar-refractivity contribution in [1.82, 2.24) is 4.90 Å². The molecule has 2 aromatic carbocycles. The minimum absolute atomic E-state index is 0.122. The van der Waals surface area contributed by atoms with E-state index < -0.39 is 4.92 Å². The average Bonchev–Trinajstić information content (AvgIpc) is 2.55. The van der Waals surface area contributed by atoms with Gasteiger partial charge in [0.1, 0.15) is 11.4 Å². The SMILES string of the molecule is COc1ccc(CN(C)CC(=O)Nc2ccccc2[N+](=O)[O-])cc1. The molecular formula is C17H19N3O4. The van der Waals surface area contributed by atoms with Crippen molar-refractivity contribution in [2.75, 3.05) is 26.0 Å². The summed E-state index contributed by atoms with van der Waals surface area (Å²) < 4.78 is 5.10. The second-order valence-corrected chi connectivity index (χ2v) is 5.34. The van der Waals surface area contributed by atoms with Crippen LogP contribution in [0, 0.1) is 10.1 Å². The number of nitro benzene ring substituents is 1. The summed E-state index contributed by atoms with van der Waals surface area (Å²) in [5.74, 6) is 0.468. The Balaban J connectivity index is 1.93. The summed E-state index contributed by atoms with van der Waals surface area (Å²) in [5.41, 5.74) is 1.12. The number of ether oxygens (including phenoxy) is 1. The average molecular weight is 329 g/mol. The van der Waals surface area contributed by atoms with E-state index in [2.05, 4.69) is 5.32 Å². The van der Waals surface area contributed by atoms with Gasteiger partial charge in [-0.2, -0.15) is 0 Å². The normalized spacial score (nSPS) is 10.5. The topological polar surface area (TPSA) is 84.7 Å². The van der Waals surface area contributed by atoms with E-state index in [1.807, 2.05) is 36.2 Å². The van der Waals surface area contributed by atoms with Crippen molar-refractivity contribution in [3.05, 3.63) is 64.2 Å². The number of carbonyl (C=O) groups excluding carboxylic acids is 1. The molecule has 2 rings (SSSR count). The number of benzene rings is 2. The number of nitrogens with zero attached hydrogens (tertiary/aromatic N) is 2. The molecule has 0 fully saturated rings. The first kappa shape index (κ1) is 17.4. The molecule has 0 unspecified atom stereocenters. The molecule has 24 heavy (non-hydrogen) atoms. The van der Waals surface area contributed by atoms with Gasteiger partial charge >= 0.3 is 0 Å². The minimum atomic E-state index is -0.517. The standard InChI is InChI=1S/C17H19N3O4/c1-19(11-13-7-9-14(24-2)10-8-13)12-17(21)18-15-5-3-4-6-16(15)20(22)23/h3-10H,11-12H2,1-2H3,(H,18,21). The highest BCUT2D eigenvalue weighted by Gasteiger charge is 2.15. The monoisotopic (exact) mass is 329 g/mol. The first-order valence-corrected chi connectivity index (χ1v) is 7.34. The van der Waals surface area contributed by atoms with Gasteiger partial charge in [-0.05, 0) is 30.8 Å². The highest BCUT2D eigenvalue weighted by molar-refractivity contribution is 5.94. The molecular weight excluding hydrogens is 310 g/mol. The highest BCUT2D eigenvalue weighted by atomic mass is 16.6. The molecule has 7 heteroatoms. The van der Waals surface area contributed by atoms with Crippen molar-refractivity contribution in [3.63, 3.8) is 0 Å². The van der Waals surface area contributed by atoms with Gasteiger partial charge in [-0.1, -0.05) is 24.3 Å². The van der Waals surface area contributed by atoms with Crippen molar-refractivity contribution in [3.8, 4) is 5.75 Å². The van der Waals surface area contributed by atoms with Gasteiger partial charge in [0.2, 0.25) is 5.91 Å². The molecule has 0 saturated heterocycles. The molecule has 1 N–H and O–H groups in total. The number of methoxy groups -OCH3 is 1. The van der Waals surface area contributed by atoms with Crippen molar-refractivity contribution >= 4 is 17.3 Å². The number of carbonyl (C=O) groups is 1. The molecule has 2 aromatic rings. The van der Waals surface area contributed by atoms with Crippen LogP contribution in [0.1, 0.15) is 5.56 Å². The van der Waals surface area contributed by atoms with Crippen LogP contribution in [0.4, 0.5) is 11.4 Å². The van der Waals surface area contributed by atoms with E-state index in [0.29, 0.717) is 6.54 Å². The Morgan fingerprint density at radius 2 is 1.88 bits per heavy atom. The summed E-state index contributed by atoms with van der Waals surface area (Å²) in [6.07, 6.45) is 0. The van der Waals surface area contributed by atoms with E-state index in [-0.39, 0.29) is 23.8 Å². The molecule has 0 aromatic heterocycles. The van der Waals surface area contributed by atoms with Crippen molar-refractivity contribution in [1.29, 1.82) is 0 Å². The van der Waals surface area contributed by atoms with E-state index >= 15 is 0 Å². The Morgan fingerprint density at radius 3 is 2.50 bits per heavy atom. The maximum absolute atomic E-state index is 12.1. The second-order valence-electron chi connectivity index (χ2n) is 5.34. The van der Waals surface area contributed by atoms with Crippen molar-refractivity contribution in [2.45, 2.75) is 6.54 Å². The summed E-state index contributed by atoms with van der Waals surface area (Å²) in [6, 6.07) is 13.6. The third kappa shape index (κ3) is 4.79. The number of rotatable bonds is 7. The third-order valence-electron chi connectivity index (χ3n) is 3.40. The predicted molar refractivity (Wildman–Crippen MR) is 91.1 cm³/mol. The summed E-state index contributed by atoms with van der Waals surface area (Å²) in [6.45, 7) is 0.701. The Hall–Kier alpha value is -2.93. The number of nitrogens with one attached hydrogen (secondary N) is 1. The minimum Gasteiger partial charge on any atom is -0.497 e. The van der Waals surface area contributed by atoms with Crippen LogP contribution < -0.4 is 10.1 Å².